The molecule has 0 rings (SSSR count). The van der Waals surface area contributed by atoms with E-state index in [1.807, 2.05) is 6.92 Å². The van der Waals surface area contributed by atoms with Gasteiger partial charge in [-0.05, 0) is 0 Å². The average molecular weight is 139 g/mol. The van der Waals surface area contributed by atoms with Gasteiger partial charge in [0.15, 0.2) is 0 Å². The second kappa shape index (κ2) is 3.96. The minimum Gasteiger partial charge on any atom is -0.283 e. The van der Waals surface area contributed by atoms with Crippen molar-refractivity contribution in [3.05, 3.63) is 0 Å². The van der Waals surface area contributed by atoms with Crippen LogP contribution in [0.4, 0.5) is 0 Å². The van der Waals surface area contributed by atoms with E-state index in [0.29, 0.717) is 6.54 Å². The Morgan fingerprint density at radius 1 is 1.88 bits per heavy atom. The Morgan fingerprint density at radius 3 is 2.50 bits per heavy atom. The first-order valence-electron chi connectivity index (χ1n) is 2.17. The largest absolute Gasteiger partial charge is 0.319 e. The molecule has 0 bridgehead atoms. The molecule has 50 valence electrons. The van der Waals surface area contributed by atoms with Crippen molar-refractivity contribution in [2.45, 2.75) is 6.92 Å². The van der Waals surface area contributed by atoms with E-state index in [-0.39, 0.29) is 0 Å². The Hall–Kier alpha value is 0.0300. The highest BCUT2D eigenvalue weighted by atomic mass is 32.2. The third kappa shape index (κ3) is 4.20. The molecule has 0 spiro atoms. The molecule has 5 heteroatoms. The Kier molecular flexibility index (Phi) is 3.98. The van der Waals surface area contributed by atoms with Gasteiger partial charge in [-0.25, -0.2) is 0 Å². The Labute approximate surface area is 50.9 Å². The topological polar surface area (TPSA) is 49.8 Å². The van der Waals surface area contributed by atoms with Crippen molar-refractivity contribution >= 4 is 11.4 Å². The van der Waals surface area contributed by atoms with Crippen LogP contribution >= 0.6 is 0 Å². The molecule has 0 aliphatic carbocycles. The molecule has 0 saturated carbocycles. The van der Waals surface area contributed by atoms with E-state index in [4.69, 9.17) is 4.55 Å². The van der Waals surface area contributed by atoms with Crippen molar-refractivity contribution in [3.8, 4) is 0 Å². The monoisotopic (exact) mass is 139 g/mol. The van der Waals surface area contributed by atoms with Gasteiger partial charge in [-0.15, -0.1) is 0 Å². The normalized spacial score (nSPS) is 14.5. The van der Waals surface area contributed by atoms with E-state index in [1.54, 1.807) is 7.05 Å². The van der Waals surface area contributed by atoms with Crippen LogP contribution in [-0.4, -0.2) is 27.4 Å². The van der Waals surface area contributed by atoms with Gasteiger partial charge in [0.2, 0.25) is 0 Å². The number of nitrogens with zero attached hydrogens (tertiary/aromatic N) is 1. The van der Waals surface area contributed by atoms with E-state index in [0.717, 1.165) is 0 Å². The molecule has 0 aliphatic rings. The van der Waals surface area contributed by atoms with Crippen LogP contribution in [0.15, 0.2) is 0 Å². The molecule has 0 aromatic carbocycles. The molecule has 0 saturated heterocycles. The summed E-state index contributed by atoms with van der Waals surface area (Å²) in [6.07, 6.45) is 0. The van der Waals surface area contributed by atoms with Crippen LogP contribution in [0.25, 0.3) is 0 Å². The molecule has 0 heterocycles. The van der Waals surface area contributed by atoms with Crippen LogP contribution in [0, 0.1) is 0 Å². The summed E-state index contributed by atoms with van der Waals surface area (Å²) in [6.45, 7) is 2.40. The minimum atomic E-state index is -2.17. The van der Waals surface area contributed by atoms with Gasteiger partial charge in [0, 0.05) is 13.6 Å². The molecule has 0 amide bonds. The molecule has 1 N–H and O–H groups in total. The second-order valence-corrected chi connectivity index (χ2v) is 1.82. The summed E-state index contributed by atoms with van der Waals surface area (Å²) in [5, 5.41) is 1.27. The van der Waals surface area contributed by atoms with Crippen molar-refractivity contribution < 1.29 is 13.0 Å². The molecule has 8 heavy (non-hydrogen) atoms. The van der Waals surface area contributed by atoms with Gasteiger partial charge in [-0.1, -0.05) is 6.92 Å². The first kappa shape index (κ1) is 8.03. The second-order valence-electron chi connectivity index (χ2n) is 1.24. The first-order valence-corrected chi connectivity index (χ1v) is 3.20. The van der Waals surface area contributed by atoms with Crippen molar-refractivity contribution in [2.24, 2.45) is 0 Å². The average Bonchev–Trinajstić information content (AvgIpc) is 1.65. The molecule has 0 aromatic heterocycles. The number of hydrogen-bond donors (Lipinski definition) is 1. The maximum Gasteiger partial charge on any atom is 0.319 e. The van der Waals surface area contributed by atoms with Crippen LogP contribution in [0.2, 0.25) is 0 Å². The van der Waals surface area contributed by atoms with Crippen LogP contribution in [0.1, 0.15) is 6.92 Å². The van der Waals surface area contributed by atoms with Gasteiger partial charge in [-0.3, -0.25) is 4.55 Å². The molecular formula is C3H9NO3S. The summed E-state index contributed by atoms with van der Waals surface area (Å²) in [4.78, 5) is 0. The van der Waals surface area contributed by atoms with Crippen LogP contribution in [0.3, 0.4) is 0 Å². The van der Waals surface area contributed by atoms with E-state index < -0.39 is 11.4 Å². The van der Waals surface area contributed by atoms with Gasteiger partial charge in [0.25, 0.3) is 0 Å². The third-order valence-electron chi connectivity index (χ3n) is 0.636. The minimum absolute atomic E-state index is 0.590. The highest BCUT2D eigenvalue weighted by Gasteiger charge is 1.96. The van der Waals surface area contributed by atoms with E-state index >= 15 is 0 Å². The summed E-state index contributed by atoms with van der Waals surface area (Å²) in [5.74, 6) is 0. The maximum atomic E-state index is 9.82. The molecular weight excluding hydrogens is 130 g/mol. The van der Waals surface area contributed by atoms with Crippen molar-refractivity contribution in [1.29, 1.82) is 0 Å². The van der Waals surface area contributed by atoms with Gasteiger partial charge in [-0.2, -0.15) is 13.6 Å². The lowest BCUT2D eigenvalue weighted by Gasteiger charge is -2.07. The Balaban J connectivity index is 3.24. The maximum absolute atomic E-state index is 9.82. The summed E-state index contributed by atoms with van der Waals surface area (Å²) in [7, 11) is 1.58. The SMILES string of the molecule is CCN(C)OS(=O)O. The zero-order chi connectivity index (χ0) is 6.57. The summed E-state index contributed by atoms with van der Waals surface area (Å²) in [6, 6.07) is 0. The van der Waals surface area contributed by atoms with E-state index in [2.05, 4.69) is 4.28 Å². The molecule has 0 aliphatic heterocycles. The van der Waals surface area contributed by atoms with Gasteiger partial charge in [0.1, 0.15) is 0 Å². The van der Waals surface area contributed by atoms with Gasteiger partial charge in [0.05, 0.1) is 0 Å². The fourth-order valence-electron chi connectivity index (χ4n) is 0.162. The molecule has 4 nitrogen and oxygen atoms in total. The number of rotatable bonds is 3. The van der Waals surface area contributed by atoms with Crippen molar-refractivity contribution in [2.75, 3.05) is 13.6 Å². The predicted octanol–water partition coefficient (Wildman–Crippen LogP) is 0.00640. The third-order valence-corrected chi connectivity index (χ3v) is 1.02. The summed E-state index contributed by atoms with van der Waals surface area (Å²) in [5.41, 5.74) is 0. The lowest BCUT2D eigenvalue weighted by atomic mass is 10.8. The standard InChI is InChI=1S/C3H9NO3S/c1-3-4(2)7-8(5)6/h3H2,1-2H3,(H,5,6). The first-order chi connectivity index (χ1) is 3.66. The van der Waals surface area contributed by atoms with Crippen molar-refractivity contribution in [3.63, 3.8) is 0 Å². The summed E-state index contributed by atoms with van der Waals surface area (Å²) >= 11 is -2.17. The lowest BCUT2D eigenvalue weighted by molar-refractivity contribution is -0.0201. The number of hydrogen-bond acceptors (Lipinski definition) is 3. The zero-order valence-corrected chi connectivity index (χ0v) is 5.64. The number of hydroxylamine groups is 2. The highest BCUT2D eigenvalue weighted by Crippen LogP contribution is 1.84. The molecule has 0 aromatic rings. The van der Waals surface area contributed by atoms with Crippen LogP contribution < -0.4 is 0 Å². The Bertz CT molecular complexity index is 86.6. The lowest BCUT2D eigenvalue weighted by Crippen LogP contribution is -2.18. The van der Waals surface area contributed by atoms with Crippen LogP contribution in [-0.2, 0) is 15.6 Å². The quantitative estimate of drug-likeness (QED) is 0.442. The zero-order valence-electron chi connectivity index (χ0n) is 4.83. The Morgan fingerprint density at radius 2 is 2.38 bits per heavy atom. The van der Waals surface area contributed by atoms with Gasteiger partial charge < -0.3 is 0 Å². The van der Waals surface area contributed by atoms with Gasteiger partial charge >= 0.3 is 11.4 Å². The fourth-order valence-corrected chi connectivity index (χ4v) is 0.485. The predicted molar refractivity (Wildman–Crippen MR) is 30.2 cm³/mol. The van der Waals surface area contributed by atoms with E-state index in [9.17, 15) is 4.21 Å². The molecule has 0 fully saturated rings. The van der Waals surface area contributed by atoms with Crippen LogP contribution in [0.5, 0.6) is 0 Å². The molecule has 1 atom stereocenters. The fraction of sp³-hybridized carbons (Fsp3) is 1.00. The smallest absolute Gasteiger partial charge is 0.283 e. The molecule has 1 unspecified atom stereocenters. The molecule has 0 radical (unpaired) electrons. The highest BCUT2D eigenvalue weighted by molar-refractivity contribution is 7.74. The van der Waals surface area contributed by atoms with E-state index in [1.165, 1.54) is 5.06 Å². The van der Waals surface area contributed by atoms with Crippen molar-refractivity contribution in [1.82, 2.24) is 5.06 Å². The summed E-state index contributed by atoms with van der Waals surface area (Å²) < 4.78 is 22.1.